The number of aliphatic imine (C=N–C) groups is 2. The first-order chi connectivity index (χ1) is 32.5. The molecule has 0 aliphatic carbocycles. The first-order valence-corrected chi connectivity index (χ1v) is 24.5. The Labute approximate surface area is 401 Å². The lowest BCUT2D eigenvalue weighted by Gasteiger charge is -2.29. The zero-order valence-corrected chi connectivity index (χ0v) is 40.1. The second-order valence-corrected chi connectivity index (χ2v) is 21.1. The Balaban J connectivity index is 1.10. The summed E-state index contributed by atoms with van der Waals surface area (Å²) in [5.41, 5.74) is 15.9. The van der Waals surface area contributed by atoms with Crippen LogP contribution < -0.4 is 9.80 Å². The molecule has 2 heterocycles. The van der Waals surface area contributed by atoms with Gasteiger partial charge in [-0.3, -0.25) is 9.98 Å². The summed E-state index contributed by atoms with van der Waals surface area (Å²) in [6.45, 7) is 13.7. The predicted molar refractivity (Wildman–Crippen MR) is 286 cm³/mol. The highest BCUT2D eigenvalue weighted by Crippen LogP contribution is 2.57. The number of thioether (sulfide) groups is 1. The standard InChI is InChI=1S/C62H58N4S/c1-61(2,3)47-35-27-45(28-36-47)59-57-58(60(67-59)46-29-37-48(38-30-46)62(4,5)6)64-56(44-33-41-54(42-34-44)66(51-23-15-9-16-24-51)52-25-17-10-18-26-52)55(63-57)43-31-39-53(40-32-43)65(49-19-11-7-12-20-49)50-21-13-8-14-22-50/h7-42,57-60H,1-6H3. The smallest absolute Gasteiger partial charge is 0.0909 e. The summed E-state index contributed by atoms with van der Waals surface area (Å²) in [5, 5.41) is 0.232. The van der Waals surface area contributed by atoms with Crippen LogP contribution >= 0.6 is 11.8 Å². The van der Waals surface area contributed by atoms with E-state index in [1.54, 1.807) is 0 Å². The van der Waals surface area contributed by atoms with Gasteiger partial charge >= 0.3 is 0 Å². The summed E-state index contributed by atoms with van der Waals surface area (Å²) in [6, 6.07) is 78.7. The van der Waals surface area contributed by atoms with Crippen LogP contribution in [-0.2, 0) is 10.8 Å². The van der Waals surface area contributed by atoms with E-state index >= 15 is 0 Å². The Hall–Kier alpha value is -6.95. The molecule has 4 atom stereocenters. The molecular weight excluding hydrogens is 833 g/mol. The van der Waals surface area contributed by atoms with Crippen LogP contribution in [0.15, 0.2) is 228 Å². The zero-order chi connectivity index (χ0) is 46.1. The maximum atomic E-state index is 5.92. The topological polar surface area (TPSA) is 31.2 Å². The summed E-state index contributed by atoms with van der Waals surface area (Å²) >= 11 is 2.02. The van der Waals surface area contributed by atoms with Gasteiger partial charge in [-0.2, -0.15) is 0 Å². The fourth-order valence-electron chi connectivity index (χ4n) is 9.44. The number of para-hydroxylation sites is 4. The molecule has 0 spiro atoms. The van der Waals surface area contributed by atoms with E-state index in [1.807, 2.05) is 11.8 Å². The van der Waals surface area contributed by atoms with Crippen LogP contribution in [0.3, 0.4) is 0 Å². The van der Waals surface area contributed by atoms with E-state index in [2.05, 4.69) is 270 Å². The Morgan fingerprint density at radius 2 is 0.597 bits per heavy atom. The first kappa shape index (κ1) is 43.9. The quantitative estimate of drug-likeness (QED) is 0.137. The highest BCUT2D eigenvalue weighted by Gasteiger charge is 2.48. The molecule has 8 aromatic carbocycles. The maximum absolute atomic E-state index is 5.92. The van der Waals surface area contributed by atoms with E-state index in [0.29, 0.717) is 0 Å². The SMILES string of the molecule is CC(C)(C)c1ccc(C2SC(c3ccc(C(C)(C)C)cc3)C3N=C(c4ccc(N(c5ccccc5)c5ccccc5)cc4)C(c4ccc(N(c5ccccc5)c5ccccc5)cc4)=NC23)cc1. The number of rotatable bonds is 10. The normalized spacial score (nSPS) is 18.1. The second kappa shape index (κ2) is 18.4. The van der Waals surface area contributed by atoms with Gasteiger partial charge in [0.15, 0.2) is 0 Å². The first-order valence-electron chi connectivity index (χ1n) is 23.5. The molecule has 0 N–H and O–H groups in total. The number of anilines is 6. The van der Waals surface area contributed by atoms with Crippen molar-refractivity contribution < 1.29 is 0 Å². The number of nitrogens with zero attached hydrogens (tertiary/aromatic N) is 4. The molecule has 8 aromatic rings. The van der Waals surface area contributed by atoms with Crippen molar-refractivity contribution in [3.63, 3.8) is 0 Å². The van der Waals surface area contributed by atoms with Gasteiger partial charge in [-0.1, -0.05) is 187 Å². The van der Waals surface area contributed by atoms with Crippen LogP contribution in [0.2, 0.25) is 0 Å². The number of hydrogen-bond acceptors (Lipinski definition) is 5. The molecule has 0 aromatic heterocycles. The third-order valence-electron chi connectivity index (χ3n) is 13.1. The number of benzene rings is 8. The van der Waals surface area contributed by atoms with Crippen molar-refractivity contribution >= 4 is 57.3 Å². The number of hydrogen-bond donors (Lipinski definition) is 0. The van der Waals surface area contributed by atoms with Crippen molar-refractivity contribution in [2.75, 3.05) is 9.80 Å². The summed E-state index contributed by atoms with van der Waals surface area (Å²) < 4.78 is 0. The Morgan fingerprint density at radius 1 is 0.328 bits per heavy atom. The van der Waals surface area contributed by atoms with E-state index in [-0.39, 0.29) is 33.4 Å². The Morgan fingerprint density at radius 3 is 0.866 bits per heavy atom. The van der Waals surface area contributed by atoms with Crippen molar-refractivity contribution in [3.8, 4) is 0 Å². The summed E-state index contributed by atoms with van der Waals surface area (Å²) in [7, 11) is 0. The lowest BCUT2D eigenvalue weighted by Crippen LogP contribution is -2.35. The molecule has 332 valence electrons. The third-order valence-corrected chi connectivity index (χ3v) is 14.8. The van der Waals surface area contributed by atoms with E-state index in [0.717, 1.165) is 56.7 Å². The fraction of sp³-hybridized carbons (Fsp3) is 0.194. The van der Waals surface area contributed by atoms with Crippen molar-refractivity contribution in [2.45, 2.75) is 75.0 Å². The lowest BCUT2D eigenvalue weighted by molar-refractivity contribution is 0.539. The summed E-state index contributed by atoms with van der Waals surface area (Å²) in [4.78, 5) is 16.5. The average molecular weight is 891 g/mol. The van der Waals surface area contributed by atoms with E-state index in [4.69, 9.17) is 9.98 Å². The van der Waals surface area contributed by atoms with E-state index in [1.165, 1.54) is 22.3 Å². The monoisotopic (exact) mass is 890 g/mol. The maximum Gasteiger partial charge on any atom is 0.0909 e. The predicted octanol–water partition coefficient (Wildman–Crippen LogP) is 16.5. The summed E-state index contributed by atoms with van der Waals surface area (Å²) in [5.74, 6) is 0. The van der Waals surface area contributed by atoms with Crippen molar-refractivity contribution in [1.29, 1.82) is 0 Å². The molecule has 0 bridgehead atoms. The highest BCUT2D eigenvalue weighted by atomic mass is 32.2. The van der Waals surface area contributed by atoms with Crippen LogP contribution in [0.1, 0.15) is 85.4 Å². The lowest BCUT2D eigenvalue weighted by atomic mass is 9.85. The molecule has 10 rings (SSSR count). The molecule has 4 nitrogen and oxygen atoms in total. The molecule has 1 fully saturated rings. The Kier molecular flexibility index (Phi) is 12.0. The largest absolute Gasteiger partial charge is 0.311 e. The highest BCUT2D eigenvalue weighted by molar-refractivity contribution is 8.00. The van der Waals surface area contributed by atoms with Crippen molar-refractivity contribution in [3.05, 3.63) is 252 Å². The van der Waals surface area contributed by atoms with Gasteiger partial charge in [0.25, 0.3) is 0 Å². The van der Waals surface area contributed by atoms with Crippen LogP contribution in [0.4, 0.5) is 34.1 Å². The van der Waals surface area contributed by atoms with E-state index in [9.17, 15) is 0 Å². The molecule has 0 radical (unpaired) electrons. The van der Waals surface area contributed by atoms with Gasteiger partial charge in [-0.25, -0.2) is 0 Å². The molecule has 0 amide bonds. The van der Waals surface area contributed by atoms with Crippen LogP contribution in [-0.4, -0.2) is 23.5 Å². The van der Waals surface area contributed by atoms with Crippen LogP contribution in [0.25, 0.3) is 0 Å². The van der Waals surface area contributed by atoms with Crippen LogP contribution in [0.5, 0.6) is 0 Å². The molecular formula is C62H58N4S. The van der Waals surface area contributed by atoms with Gasteiger partial charge in [0.2, 0.25) is 0 Å². The molecule has 67 heavy (non-hydrogen) atoms. The number of fused-ring (bicyclic) bond motifs is 1. The van der Waals surface area contributed by atoms with Gasteiger partial charge in [0.1, 0.15) is 0 Å². The minimum atomic E-state index is -0.0766. The molecule has 0 saturated carbocycles. The van der Waals surface area contributed by atoms with Gasteiger partial charge in [0.05, 0.1) is 34.0 Å². The Bertz CT molecular complexity index is 2680. The minimum Gasteiger partial charge on any atom is -0.311 e. The second-order valence-electron chi connectivity index (χ2n) is 19.8. The van der Waals surface area contributed by atoms with Crippen molar-refractivity contribution in [2.24, 2.45) is 9.98 Å². The third kappa shape index (κ3) is 9.13. The molecule has 4 unspecified atom stereocenters. The molecule has 2 aliphatic heterocycles. The van der Waals surface area contributed by atoms with Gasteiger partial charge in [-0.05, 0) is 106 Å². The minimum absolute atomic E-state index is 0.0636. The molecule has 1 saturated heterocycles. The molecule has 2 aliphatic rings. The molecule has 5 heteroatoms. The zero-order valence-electron chi connectivity index (χ0n) is 39.3. The van der Waals surface area contributed by atoms with Gasteiger partial charge in [0, 0.05) is 45.3 Å². The van der Waals surface area contributed by atoms with Crippen LogP contribution in [0, 0.1) is 0 Å². The van der Waals surface area contributed by atoms with Gasteiger partial charge in [-0.15, -0.1) is 11.8 Å². The van der Waals surface area contributed by atoms with Gasteiger partial charge < -0.3 is 9.80 Å². The van der Waals surface area contributed by atoms with E-state index < -0.39 is 0 Å². The average Bonchev–Trinajstić information content (AvgIpc) is 3.74. The van der Waals surface area contributed by atoms with Crippen molar-refractivity contribution in [1.82, 2.24) is 0 Å². The fourth-order valence-corrected chi connectivity index (χ4v) is 11.2. The summed E-state index contributed by atoms with van der Waals surface area (Å²) in [6.07, 6.45) is 0.